The van der Waals surface area contributed by atoms with Gasteiger partial charge in [-0.05, 0) is 37.1 Å². The summed E-state index contributed by atoms with van der Waals surface area (Å²) in [6, 6.07) is 21.0. The molecular formula is C20H26N2O. The lowest BCUT2D eigenvalue weighted by atomic mass is 10.0. The predicted molar refractivity (Wildman–Crippen MR) is 94.3 cm³/mol. The molecule has 0 amide bonds. The molecular weight excluding hydrogens is 284 g/mol. The smallest absolute Gasteiger partial charge is 0.108 e. The molecule has 2 N–H and O–H groups in total. The van der Waals surface area contributed by atoms with Gasteiger partial charge in [-0.25, -0.2) is 0 Å². The molecule has 23 heavy (non-hydrogen) atoms. The SMILES string of the molecule is NCCCN1CCC(OC(c2ccccc2)c2ccccc2)C1. The normalized spacial score (nSPS) is 18.6. The second-order valence-electron chi connectivity index (χ2n) is 6.19. The zero-order chi connectivity index (χ0) is 15.9. The number of rotatable bonds is 7. The molecule has 3 heteroatoms. The number of hydrogen-bond acceptors (Lipinski definition) is 3. The van der Waals surface area contributed by atoms with Gasteiger partial charge in [-0.1, -0.05) is 60.7 Å². The molecule has 0 radical (unpaired) electrons. The fourth-order valence-electron chi connectivity index (χ4n) is 3.22. The van der Waals surface area contributed by atoms with E-state index in [-0.39, 0.29) is 12.2 Å². The number of nitrogens with zero attached hydrogens (tertiary/aromatic N) is 1. The van der Waals surface area contributed by atoms with Crippen LogP contribution in [0.2, 0.25) is 0 Å². The molecule has 0 spiro atoms. The minimum absolute atomic E-state index is 0.0110. The van der Waals surface area contributed by atoms with Crippen LogP contribution in [0.15, 0.2) is 60.7 Å². The maximum atomic E-state index is 6.52. The summed E-state index contributed by atoms with van der Waals surface area (Å²) in [6.07, 6.45) is 2.46. The molecule has 1 aliphatic heterocycles. The van der Waals surface area contributed by atoms with Gasteiger partial charge in [0.1, 0.15) is 6.10 Å². The summed E-state index contributed by atoms with van der Waals surface area (Å²) < 4.78 is 6.52. The van der Waals surface area contributed by atoms with Crippen molar-refractivity contribution in [3.8, 4) is 0 Å². The van der Waals surface area contributed by atoms with Crippen molar-refractivity contribution in [2.24, 2.45) is 5.73 Å². The van der Waals surface area contributed by atoms with Gasteiger partial charge in [-0.15, -0.1) is 0 Å². The Labute approximate surface area is 139 Å². The van der Waals surface area contributed by atoms with Crippen LogP contribution in [0.25, 0.3) is 0 Å². The average molecular weight is 310 g/mol. The van der Waals surface area contributed by atoms with Gasteiger partial charge in [-0.2, -0.15) is 0 Å². The number of likely N-dealkylation sites (tertiary alicyclic amines) is 1. The number of nitrogens with two attached hydrogens (primary N) is 1. The molecule has 1 heterocycles. The van der Waals surface area contributed by atoms with Crippen LogP contribution in [-0.4, -0.2) is 37.2 Å². The molecule has 0 saturated carbocycles. The van der Waals surface area contributed by atoms with Crippen molar-refractivity contribution in [1.29, 1.82) is 0 Å². The number of benzene rings is 2. The monoisotopic (exact) mass is 310 g/mol. The molecule has 2 aromatic carbocycles. The Balaban J connectivity index is 1.70. The second kappa shape index (κ2) is 8.25. The van der Waals surface area contributed by atoms with Crippen LogP contribution in [0, 0.1) is 0 Å². The first-order valence-electron chi connectivity index (χ1n) is 8.54. The summed E-state index contributed by atoms with van der Waals surface area (Å²) in [7, 11) is 0. The van der Waals surface area contributed by atoms with E-state index in [1.54, 1.807) is 0 Å². The van der Waals surface area contributed by atoms with E-state index in [2.05, 4.69) is 65.6 Å². The van der Waals surface area contributed by atoms with E-state index in [0.717, 1.165) is 39.0 Å². The van der Waals surface area contributed by atoms with Crippen LogP contribution in [0.3, 0.4) is 0 Å². The topological polar surface area (TPSA) is 38.5 Å². The summed E-state index contributed by atoms with van der Waals surface area (Å²) in [5.41, 5.74) is 8.06. The quantitative estimate of drug-likeness (QED) is 0.853. The summed E-state index contributed by atoms with van der Waals surface area (Å²) in [5, 5.41) is 0. The summed E-state index contributed by atoms with van der Waals surface area (Å²) >= 11 is 0. The van der Waals surface area contributed by atoms with E-state index >= 15 is 0 Å². The molecule has 1 saturated heterocycles. The minimum Gasteiger partial charge on any atom is -0.364 e. The molecule has 0 bridgehead atoms. The largest absolute Gasteiger partial charge is 0.364 e. The van der Waals surface area contributed by atoms with Crippen LogP contribution in [-0.2, 0) is 4.74 Å². The van der Waals surface area contributed by atoms with Crippen LogP contribution in [0.5, 0.6) is 0 Å². The lowest BCUT2D eigenvalue weighted by Crippen LogP contribution is -2.26. The highest BCUT2D eigenvalue weighted by atomic mass is 16.5. The van der Waals surface area contributed by atoms with Gasteiger partial charge in [-0.3, -0.25) is 0 Å². The molecule has 1 fully saturated rings. The van der Waals surface area contributed by atoms with Crippen LogP contribution >= 0.6 is 0 Å². The van der Waals surface area contributed by atoms with E-state index in [1.807, 2.05) is 0 Å². The van der Waals surface area contributed by atoms with Gasteiger partial charge in [0.05, 0.1) is 6.10 Å². The molecule has 3 nitrogen and oxygen atoms in total. The fourth-order valence-corrected chi connectivity index (χ4v) is 3.22. The van der Waals surface area contributed by atoms with Crippen LogP contribution in [0.4, 0.5) is 0 Å². The fraction of sp³-hybridized carbons (Fsp3) is 0.400. The van der Waals surface area contributed by atoms with Gasteiger partial charge < -0.3 is 15.4 Å². The van der Waals surface area contributed by atoms with Crippen molar-refractivity contribution in [2.75, 3.05) is 26.2 Å². The first kappa shape index (κ1) is 16.2. The van der Waals surface area contributed by atoms with Crippen molar-refractivity contribution in [2.45, 2.75) is 25.0 Å². The highest BCUT2D eigenvalue weighted by Gasteiger charge is 2.26. The predicted octanol–water partition coefficient (Wildman–Crippen LogP) is 3.22. The van der Waals surface area contributed by atoms with Gasteiger partial charge >= 0.3 is 0 Å². The Kier molecular flexibility index (Phi) is 5.81. The maximum Gasteiger partial charge on any atom is 0.108 e. The van der Waals surface area contributed by atoms with Crippen molar-refractivity contribution in [1.82, 2.24) is 4.90 Å². The van der Waals surface area contributed by atoms with E-state index in [1.165, 1.54) is 11.1 Å². The lowest BCUT2D eigenvalue weighted by molar-refractivity contribution is 0.0143. The highest BCUT2D eigenvalue weighted by Crippen LogP contribution is 2.29. The highest BCUT2D eigenvalue weighted by molar-refractivity contribution is 5.30. The summed E-state index contributed by atoms with van der Waals surface area (Å²) in [6.45, 7) is 3.97. The van der Waals surface area contributed by atoms with Gasteiger partial charge in [0.2, 0.25) is 0 Å². The molecule has 0 aliphatic carbocycles. The molecule has 2 aromatic rings. The molecule has 1 unspecified atom stereocenters. The molecule has 3 rings (SSSR count). The Morgan fingerprint density at radius 1 is 1.00 bits per heavy atom. The van der Waals surface area contributed by atoms with Crippen molar-refractivity contribution in [3.63, 3.8) is 0 Å². The van der Waals surface area contributed by atoms with Crippen molar-refractivity contribution < 1.29 is 4.74 Å². The minimum atomic E-state index is 0.0110. The summed E-state index contributed by atoms with van der Waals surface area (Å²) in [5.74, 6) is 0. The first-order valence-corrected chi connectivity index (χ1v) is 8.54. The average Bonchev–Trinajstić information content (AvgIpc) is 3.07. The number of hydrogen-bond donors (Lipinski definition) is 1. The Morgan fingerprint density at radius 2 is 1.61 bits per heavy atom. The lowest BCUT2D eigenvalue weighted by Gasteiger charge is -2.23. The second-order valence-corrected chi connectivity index (χ2v) is 6.19. The summed E-state index contributed by atoms with van der Waals surface area (Å²) in [4.78, 5) is 2.46. The van der Waals surface area contributed by atoms with E-state index in [4.69, 9.17) is 10.5 Å². The third-order valence-corrected chi connectivity index (χ3v) is 4.44. The zero-order valence-corrected chi connectivity index (χ0v) is 13.6. The Morgan fingerprint density at radius 3 is 2.17 bits per heavy atom. The van der Waals surface area contributed by atoms with E-state index < -0.39 is 0 Å². The van der Waals surface area contributed by atoms with Crippen molar-refractivity contribution in [3.05, 3.63) is 71.8 Å². The van der Waals surface area contributed by atoms with E-state index in [0.29, 0.717) is 0 Å². The molecule has 122 valence electrons. The third-order valence-electron chi connectivity index (χ3n) is 4.44. The third kappa shape index (κ3) is 4.41. The molecule has 1 atom stereocenters. The number of ether oxygens (including phenoxy) is 1. The molecule has 0 aromatic heterocycles. The van der Waals surface area contributed by atoms with Gasteiger partial charge in [0, 0.05) is 13.1 Å². The van der Waals surface area contributed by atoms with Gasteiger partial charge in [0.15, 0.2) is 0 Å². The first-order chi connectivity index (χ1) is 11.4. The standard InChI is InChI=1S/C20H26N2O/c21-13-7-14-22-15-12-19(16-22)23-20(17-8-3-1-4-9-17)18-10-5-2-6-11-18/h1-6,8-11,19-20H,7,12-16,21H2. The maximum absolute atomic E-state index is 6.52. The van der Waals surface area contributed by atoms with E-state index in [9.17, 15) is 0 Å². The van der Waals surface area contributed by atoms with Gasteiger partial charge in [0.25, 0.3) is 0 Å². The zero-order valence-electron chi connectivity index (χ0n) is 13.6. The van der Waals surface area contributed by atoms with Crippen LogP contribution < -0.4 is 5.73 Å². The van der Waals surface area contributed by atoms with Crippen molar-refractivity contribution >= 4 is 0 Å². The van der Waals surface area contributed by atoms with Crippen LogP contribution in [0.1, 0.15) is 30.1 Å². The Hall–Kier alpha value is -1.68. The molecule has 1 aliphatic rings. The Bertz CT molecular complexity index is 533.